The van der Waals surface area contributed by atoms with E-state index >= 15 is 0 Å². The van der Waals surface area contributed by atoms with Crippen LogP contribution in [0.3, 0.4) is 0 Å². The van der Waals surface area contributed by atoms with Gasteiger partial charge in [0.25, 0.3) is 5.69 Å². The van der Waals surface area contributed by atoms with E-state index in [0.29, 0.717) is 30.5 Å². The van der Waals surface area contributed by atoms with Crippen LogP contribution in [0.1, 0.15) is 23.1 Å². The largest absolute Gasteiger partial charge is 0.354 e. The minimum atomic E-state index is -0.444. The van der Waals surface area contributed by atoms with Gasteiger partial charge in [-0.25, -0.2) is 4.98 Å². The second-order valence-electron chi connectivity index (χ2n) is 6.25. The molecular weight excluding hydrogens is 382 g/mol. The molecule has 3 rings (SSSR count). The number of anilines is 1. The average molecular weight is 401 g/mol. The van der Waals surface area contributed by atoms with Gasteiger partial charge in [-0.3, -0.25) is 24.6 Å². The summed E-state index contributed by atoms with van der Waals surface area (Å²) in [6.07, 6.45) is 3.62. The van der Waals surface area contributed by atoms with Crippen molar-refractivity contribution in [3.05, 3.63) is 50.5 Å². The number of non-ortho nitro benzene ring substituents is 1. The molecule has 1 saturated heterocycles. The summed E-state index contributed by atoms with van der Waals surface area (Å²) in [6, 6.07) is 6.20. The number of thiazole rings is 1. The van der Waals surface area contributed by atoms with Gasteiger partial charge in [0, 0.05) is 43.6 Å². The smallest absolute Gasteiger partial charge is 0.269 e. The van der Waals surface area contributed by atoms with E-state index in [9.17, 15) is 19.7 Å². The SMILES string of the molecule is CC(=O)Nc1nc(C=Cc2ccc([N+](=O)[O-])cc2)c(CN2CCNC(=O)C2)s1. The van der Waals surface area contributed by atoms with Crippen molar-refractivity contribution >= 4 is 46.1 Å². The number of benzene rings is 1. The van der Waals surface area contributed by atoms with Crippen molar-refractivity contribution in [1.29, 1.82) is 0 Å². The van der Waals surface area contributed by atoms with Crippen LogP contribution in [0.15, 0.2) is 24.3 Å². The van der Waals surface area contributed by atoms with Crippen LogP contribution < -0.4 is 10.6 Å². The molecule has 1 aliphatic rings. The van der Waals surface area contributed by atoms with Gasteiger partial charge in [0.1, 0.15) is 0 Å². The van der Waals surface area contributed by atoms with Crippen molar-refractivity contribution in [1.82, 2.24) is 15.2 Å². The zero-order valence-corrected chi connectivity index (χ0v) is 16.0. The number of nitro benzene ring substituents is 1. The Morgan fingerprint density at radius 2 is 2.14 bits per heavy atom. The zero-order valence-electron chi connectivity index (χ0n) is 15.2. The predicted octanol–water partition coefficient (Wildman–Crippen LogP) is 2.11. The summed E-state index contributed by atoms with van der Waals surface area (Å²) in [4.78, 5) is 40.7. The maximum absolute atomic E-state index is 11.6. The highest BCUT2D eigenvalue weighted by molar-refractivity contribution is 7.16. The van der Waals surface area contributed by atoms with Crippen molar-refractivity contribution in [2.45, 2.75) is 13.5 Å². The fraction of sp³-hybridized carbons (Fsp3) is 0.278. The van der Waals surface area contributed by atoms with Gasteiger partial charge in [0.05, 0.1) is 17.2 Å². The number of rotatable bonds is 6. The molecule has 1 aromatic carbocycles. The van der Waals surface area contributed by atoms with E-state index in [0.717, 1.165) is 17.0 Å². The van der Waals surface area contributed by atoms with Gasteiger partial charge in [-0.1, -0.05) is 17.4 Å². The second-order valence-corrected chi connectivity index (χ2v) is 7.33. The Hall–Kier alpha value is -3.11. The Kier molecular flexibility index (Phi) is 6.12. The quantitative estimate of drug-likeness (QED) is 0.565. The zero-order chi connectivity index (χ0) is 20.1. The maximum Gasteiger partial charge on any atom is 0.269 e. The number of amides is 2. The van der Waals surface area contributed by atoms with E-state index < -0.39 is 4.92 Å². The molecule has 10 heteroatoms. The van der Waals surface area contributed by atoms with Gasteiger partial charge < -0.3 is 10.6 Å². The number of carbonyl (C=O) groups excluding carboxylic acids is 2. The Morgan fingerprint density at radius 1 is 1.39 bits per heavy atom. The standard InChI is InChI=1S/C18H19N5O4S/c1-12(24)20-18-21-15(7-4-13-2-5-14(6-3-13)23(26)27)16(28-18)10-22-9-8-19-17(25)11-22/h2-7H,8-11H2,1H3,(H,19,25)(H,20,21,24). The molecule has 28 heavy (non-hydrogen) atoms. The third-order valence-electron chi connectivity index (χ3n) is 4.03. The van der Waals surface area contributed by atoms with Crippen LogP contribution in [-0.4, -0.2) is 46.3 Å². The molecule has 0 aliphatic carbocycles. The van der Waals surface area contributed by atoms with Crippen LogP contribution in [-0.2, 0) is 16.1 Å². The predicted molar refractivity (Wildman–Crippen MR) is 107 cm³/mol. The summed E-state index contributed by atoms with van der Waals surface area (Å²) < 4.78 is 0. The van der Waals surface area contributed by atoms with Gasteiger partial charge in [0.15, 0.2) is 5.13 Å². The summed E-state index contributed by atoms with van der Waals surface area (Å²) in [5, 5.41) is 16.7. The molecule has 0 spiro atoms. The minimum absolute atomic E-state index is 0.0131. The average Bonchev–Trinajstić information content (AvgIpc) is 3.00. The molecular formula is C18H19N5O4S. The number of aromatic nitrogens is 1. The first-order valence-electron chi connectivity index (χ1n) is 8.59. The monoisotopic (exact) mass is 401 g/mol. The molecule has 0 bridgehead atoms. The number of hydrogen-bond acceptors (Lipinski definition) is 7. The molecule has 0 unspecified atom stereocenters. The van der Waals surface area contributed by atoms with Gasteiger partial charge in [0.2, 0.25) is 11.8 Å². The number of nitrogens with zero attached hydrogens (tertiary/aromatic N) is 3. The fourth-order valence-electron chi connectivity index (χ4n) is 2.72. The normalized spacial score (nSPS) is 14.8. The van der Waals surface area contributed by atoms with Crippen LogP contribution in [0.4, 0.5) is 10.8 Å². The molecule has 1 aromatic heterocycles. The first-order chi connectivity index (χ1) is 13.4. The van der Waals surface area contributed by atoms with Crippen molar-refractivity contribution in [2.24, 2.45) is 0 Å². The third-order valence-corrected chi connectivity index (χ3v) is 5.00. The molecule has 1 fully saturated rings. The number of carbonyl (C=O) groups is 2. The second kappa shape index (κ2) is 8.72. The first kappa shape index (κ1) is 19.6. The summed E-state index contributed by atoms with van der Waals surface area (Å²) in [5.74, 6) is -0.218. The van der Waals surface area contributed by atoms with E-state index in [1.54, 1.807) is 12.1 Å². The molecule has 2 amide bonds. The molecule has 1 aliphatic heterocycles. The van der Waals surface area contributed by atoms with Crippen LogP contribution in [0, 0.1) is 10.1 Å². The van der Waals surface area contributed by atoms with Gasteiger partial charge in [-0.05, 0) is 23.8 Å². The Morgan fingerprint density at radius 3 is 2.79 bits per heavy atom. The van der Waals surface area contributed by atoms with Crippen molar-refractivity contribution in [3.63, 3.8) is 0 Å². The lowest BCUT2D eigenvalue weighted by molar-refractivity contribution is -0.384. The third kappa shape index (κ3) is 5.21. The summed E-state index contributed by atoms with van der Waals surface area (Å²) in [5.41, 5.74) is 1.52. The van der Waals surface area contributed by atoms with Crippen LogP contribution in [0.25, 0.3) is 12.2 Å². The Balaban J connectivity index is 1.80. The van der Waals surface area contributed by atoms with E-state index in [2.05, 4.69) is 15.6 Å². The van der Waals surface area contributed by atoms with Crippen LogP contribution >= 0.6 is 11.3 Å². The van der Waals surface area contributed by atoms with E-state index in [1.807, 2.05) is 17.1 Å². The number of nitro groups is 1. The first-order valence-corrected chi connectivity index (χ1v) is 9.41. The van der Waals surface area contributed by atoms with Gasteiger partial charge in [-0.2, -0.15) is 0 Å². The molecule has 2 heterocycles. The van der Waals surface area contributed by atoms with Crippen molar-refractivity contribution in [2.75, 3.05) is 25.0 Å². The molecule has 146 valence electrons. The molecule has 0 radical (unpaired) electrons. The Bertz CT molecular complexity index is 923. The molecule has 2 N–H and O–H groups in total. The highest BCUT2D eigenvalue weighted by Crippen LogP contribution is 2.27. The topological polar surface area (TPSA) is 117 Å². The number of piperazine rings is 1. The number of hydrogen-bond donors (Lipinski definition) is 2. The fourth-order valence-corrected chi connectivity index (χ4v) is 3.76. The van der Waals surface area contributed by atoms with Crippen LogP contribution in [0.2, 0.25) is 0 Å². The minimum Gasteiger partial charge on any atom is -0.354 e. The van der Waals surface area contributed by atoms with Gasteiger partial charge >= 0.3 is 0 Å². The van der Waals surface area contributed by atoms with E-state index in [1.165, 1.54) is 30.4 Å². The van der Waals surface area contributed by atoms with E-state index in [4.69, 9.17) is 0 Å². The highest BCUT2D eigenvalue weighted by Gasteiger charge is 2.19. The lowest BCUT2D eigenvalue weighted by Crippen LogP contribution is -2.47. The van der Waals surface area contributed by atoms with E-state index in [-0.39, 0.29) is 17.5 Å². The lowest BCUT2D eigenvalue weighted by Gasteiger charge is -2.25. The summed E-state index contributed by atoms with van der Waals surface area (Å²) >= 11 is 1.37. The van der Waals surface area contributed by atoms with Crippen molar-refractivity contribution in [3.8, 4) is 0 Å². The van der Waals surface area contributed by atoms with Crippen molar-refractivity contribution < 1.29 is 14.5 Å². The van der Waals surface area contributed by atoms with Crippen LogP contribution in [0.5, 0.6) is 0 Å². The highest BCUT2D eigenvalue weighted by atomic mass is 32.1. The molecule has 2 aromatic rings. The summed E-state index contributed by atoms with van der Waals surface area (Å²) in [7, 11) is 0. The Labute approximate surface area is 165 Å². The molecule has 0 atom stereocenters. The maximum atomic E-state index is 11.6. The molecule has 9 nitrogen and oxygen atoms in total. The van der Waals surface area contributed by atoms with Gasteiger partial charge in [-0.15, -0.1) is 0 Å². The molecule has 0 saturated carbocycles. The number of nitrogens with one attached hydrogen (secondary N) is 2. The summed E-state index contributed by atoms with van der Waals surface area (Å²) in [6.45, 7) is 3.63. The lowest BCUT2D eigenvalue weighted by atomic mass is 10.2.